The second-order valence-corrected chi connectivity index (χ2v) is 3.85. The third-order valence-corrected chi connectivity index (χ3v) is 2.65. The van der Waals surface area contributed by atoms with Crippen LogP contribution in [0.5, 0.6) is 0 Å². The number of hydrogen-bond acceptors (Lipinski definition) is 2. The maximum absolute atomic E-state index is 6.03. The molecule has 0 aliphatic heterocycles. The number of nitrogens with two attached hydrogens (primary N) is 1. The van der Waals surface area contributed by atoms with E-state index in [1.807, 2.05) is 37.3 Å². The number of pyridine rings is 1. The van der Waals surface area contributed by atoms with Crippen molar-refractivity contribution in [1.82, 2.24) is 4.98 Å². The van der Waals surface area contributed by atoms with E-state index in [1.165, 1.54) is 0 Å². The molecular formula is C12H11ClN2. The van der Waals surface area contributed by atoms with Crippen LogP contribution in [0, 0.1) is 6.92 Å². The van der Waals surface area contributed by atoms with Gasteiger partial charge < -0.3 is 5.73 Å². The summed E-state index contributed by atoms with van der Waals surface area (Å²) in [6.07, 6.45) is 1.77. The topological polar surface area (TPSA) is 38.9 Å². The summed E-state index contributed by atoms with van der Waals surface area (Å²) in [7, 11) is 0. The van der Waals surface area contributed by atoms with Gasteiger partial charge in [-0.1, -0.05) is 23.7 Å². The molecule has 2 nitrogen and oxygen atoms in total. The van der Waals surface area contributed by atoms with Gasteiger partial charge in [0.2, 0.25) is 0 Å². The molecule has 0 aliphatic rings. The fourth-order valence-electron chi connectivity index (χ4n) is 1.31. The lowest BCUT2D eigenvalue weighted by Crippen LogP contribution is -1.87. The summed E-state index contributed by atoms with van der Waals surface area (Å²) in [6.45, 7) is 1.93. The van der Waals surface area contributed by atoms with Gasteiger partial charge in [0.15, 0.2) is 0 Å². The van der Waals surface area contributed by atoms with Crippen LogP contribution in [0.1, 0.15) is 5.56 Å². The number of hydrogen-bond donors (Lipinski definition) is 1. The van der Waals surface area contributed by atoms with E-state index in [4.69, 9.17) is 17.3 Å². The summed E-state index contributed by atoms with van der Waals surface area (Å²) in [6, 6.07) is 9.44. The van der Waals surface area contributed by atoms with Gasteiger partial charge in [0, 0.05) is 22.5 Å². The van der Waals surface area contributed by atoms with E-state index in [2.05, 4.69) is 4.98 Å². The zero-order valence-electron chi connectivity index (χ0n) is 8.37. The van der Waals surface area contributed by atoms with E-state index in [1.54, 1.807) is 6.20 Å². The van der Waals surface area contributed by atoms with Gasteiger partial charge in [0.25, 0.3) is 0 Å². The molecule has 0 radical (unpaired) electrons. The van der Waals surface area contributed by atoms with Crippen LogP contribution in [0.2, 0.25) is 5.02 Å². The van der Waals surface area contributed by atoms with Gasteiger partial charge >= 0.3 is 0 Å². The maximum atomic E-state index is 6.03. The Morgan fingerprint density at radius 3 is 2.47 bits per heavy atom. The predicted octanol–water partition coefficient (Wildman–Crippen LogP) is 3.29. The summed E-state index contributed by atoms with van der Waals surface area (Å²) in [5.74, 6) is 0. The molecule has 0 spiro atoms. The molecule has 1 aromatic heterocycles. The first-order valence-electron chi connectivity index (χ1n) is 4.65. The first-order chi connectivity index (χ1) is 7.16. The number of rotatable bonds is 1. The van der Waals surface area contributed by atoms with E-state index in [9.17, 15) is 0 Å². The van der Waals surface area contributed by atoms with Crippen LogP contribution in [0.4, 0.5) is 5.69 Å². The van der Waals surface area contributed by atoms with Crippen molar-refractivity contribution in [2.24, 2.45) is 0 Å². The molecule has 2 rings (SSSR count). The zero-order valence-corrected chi connectivity index (χ0v) is 9.12. The van der Waals surface area contributed by atoms with E-state index >= 15 is 0 Å². The summed E-state index contributed by atoms with van der Waals surface area (Å²) < 4.78 is 0. The Morgan fingerprint density at radius 2 is 1.87 bits per heavy atom. The van der Waals surface area contributed by atoms with Gasteiger partial charge in [-0.05, 0) is 30.7 Å². The minimum Gasteiger partial charge on any atom is -0.399 e. The molecule has 0 aliphatic carbocycles. The summed E-state index contributed by atoms with van der Waals surface area (Å²) in [4.78, 5) is 4.31. The Labute approximate surface area is 93.7 Å². The number of aromatic nitrogens is 1. The lowest BCUT2D eigenvalue weighted by Gasteiger charge is -2.03. The van der Waals surface area contributed by atoms with Gasteiger partial charge in [-0.25, -0.2) is 0 Å². The zero-order chi connectivity index (χ0) is 10.8. The fraction of sp³-hybridized carbons (Fsp3) is 0.0833. The molecule has 0 amide bonds. The Balaban J connectivity index is 2.45. The van der Waals surface area contributed by atoms with E-state index < -0.39 is 0 Å². The number of benzene rings is 1. The standard InChI is InChI=1S/C12H11ClN2/c1-8-7-15-12(6-11(8)13)9-2-4-10(14)5-3-9/h2-7H,14H2,1H3. The molecule has 2 aromatic rings. The van der Waals surface area contributed by atoms with Crippen molar-refractivity contribution in [2.45, 2.75) is 6.92 Å². The van der Waals surface area contributed by atoms with Crippen molar-refractivity contribution in [2.75, 3.05) is 5.73 Å². The van der Waals surface area contributed by atoms with Crippen LogP contribution in [0.3, 0.4) is 0 Å². The lowest BCUT2D eigenvalue weighted by molar-refractivity contribution is 1.27. The first-order valence-corrected chi connectivity index (χ1v) is 5.02. The highest BCUT2D eigenvalue weighted by molar-refractivity contribution is 6.31. The highest BCUT2D eigenvalue weighted by Gasteiger charge is 2.01. The second-order valence-electron chi connectivity index (χ2n) is 3.44. The molecular weight excluding hydrogens is 208 g/mol. The van der Waals surface area contributed by atoms with Crippen molar-refractivity contribution in [1.29, 1.82) is 0 Å². The van der Waals surface area contributed by atoms with Crippen LogP contribution < -0.4 is 5.73 Å². The van der Waals surface area contributed by atoms with E-state index in [0.717, 1.165) is 27.5 Å². The second kappa shape index (κ2) is 3.91. The minimum absolute atomic E-state index is 0.733. The molecule has 0 fully saturated rings. The molecule has 0 saturated carbocycles. The van der Waals surface area contributed by atoms with Crippen molar-refractivity contribution in [3.63, 3.8) is 0 Å². The Morgan fingerprint density at radius 1 is 1.20 bits per heavy atom. The Kier molecular flexibility index (Phi) is 2.60. The summed E-state index contributed by atoms with van der Waals surface area (Å²) >= 11 is 6.03. The molecule has 0 saturated heterocycles. The van der Waals surface area contributed by atoms with Crippen molar-refractivity contribution in [3.8, 4) is 11.3 Å². The molecule has 1 aromatic carbocycles. The van der Waals surface area contributed by atoms with Crippen molar-refractivity contribution >= 4 is 17.3 Å². The van der Waals surface area contributed by atoms with Gasteiger partial charge in [-0.3, -0.25) is 4.98 Å². The maximum Gasteiger partial charge on any atom is 0.0717 e. The van der Waals surface area contributed by atoms with Gasteiger partial charge in [0.1, 0.15) is 0 Å². The van der Waals surface area contributed by atoms with E-state index in [0.29, 0.717) is 0 Å². The van der Waals surface area contributed by atoms with Crippen LogP contribution in [0.15, 0.2) is 36.5 Å². The number of halogens is 1. The van der Waals surface area contributed by atoms with Crippen LogP contribution in [-0.2, 0) is 0 Å². The molecule has 0 bridgehead atoms. The smallest absolute Gasteiger partial charge is 0.0717 e. The Bertz CT molecular complexity index is 477. The highest BCUT2D eigenvalue weighted by Crippen LogP contribution is 2.23. The van der Waals surface area contributed by atoms with Crippen molar-refractivity contribution in [3.05, 3.63) is 47.1 Å². The third-order valence-electron chi connectivity index (χ3n) is 2.24. The SMILES string of the molecule is Cc1cnc(-c2ccc(N)cc2)cc1Cl. The molecule has 76 valence electrons. The monoisotopic (exact) mass is 218 g/mol. The third kappa shape index (κ3) is 2.10. The van der Waals surface area contributed by atoms with Crippen LogP contribution in [0.25, 0.3) is 11.3 Å². The van der Waals surface area contributed by atoms with Crippen LogP contribution >= 0.6 is 11.6 Å². The summed E-state index contributed by atoms with van der Waals surface area (Å²) in [5, 5.41) is 0.733. The quantitative estimate of drug-likeness (QED) is 0.746. The number of nitrogens with zero attached hydrogens (tertiary/aromatic N) is 1. The lowest BCUT2D eigenvalue weighted by atomic mass is 10.1. The average molecular weight is 219 g/mol. The molecule has 0 unspecified atom stereocenters. The highest BCUT2D eigenvalue weighted by atomic mass is 35.5. The van der Waals surface area contributed by atoms with Crippen molar-refractivity contribution < 1.29 is 0 Å². The van der Waals surface area contributed by atoms with Gasteiger partial charge in [-0.2, -0.15) is 0 Å². The van der Waals surface area contributed by atoms with Crippen LogP contribution in [-0.4, -0.2) is 4.98 Å². The van der Waals surface area contributed by atoms with E-state index in [-0.39, 0.29) is 0 Å². The molecule has 15 heavy (non-hydrogen) atoms. The van der Waals surface area contributed by atoms with Gasteiger partial charge in [0.05, 0.1) is 5.69 Å². The average Bonchev–Trinajstić information content (AvgIpc) is 2.23. The molecule has 2 N–H and O–H groups in total. The largest absolute Gasteiger partial charge is 0.399 e. The number of nitrogen functional groups attached to an aromatic ring is 1. The Hall–Kier alpha value is -1.54. The summed E-state index contributed by atoms with van der Waals surface area (Å²) in [5.41, 5.74) is 9.23. The van der Waals surface area contributed by atoms with Gasteiger partial charge in [-0.15, -0.1) is 0 Å². The normalized spacial score (nSPS) is 10.3. The molecule has 1 heterocycles. The predicted molar refractivity (Wildman–Crippen MR) is 63.8 cm³/mol. The number of aryl methyl sites for hydroxylation is 1. The fourth-order valence-corrected chi connectivity index (χ4v) is 1.46. The molecule has 0 atom stereocenters. The number of anilines is 1. The molecule has 3 heteroatoms. The minimum atomic E-state index is 0.733. The first kappa shape index (κ1) is 9.99.